The van der Waals surface area contributed by atoms with Crippen molar-refractivity contribution in [2.75, 3.05) is 12.4 Å². The molecule has 0 unspecified atom stereocenters. The van der Waals surface area contributed by atoms with Gasteiger partial charge in [-0.1, -0.05) is 11.8 Å². The molecule has 0 heterocycles. The van der Waals surface area contributed by atoms with E-state index in [1.54, 1.807) is 6.92 Å². The molecule has 0 aliphatic carbocycles. The van der Waals surface area contributed by atoms with Gasteiger partial charge in [-0.05, 0) is 6.92 Å². The Balaban J connectivity index is 3.24. The zero-order valence-electron chi connectivity index (χ0n) is 6.62. The van der Waals surface area contributed by atoms with Gasteiger partial charge < -0.3 is 4.74 Å². The summed E-state index contributed by atoms with van der Waals surface area (Å²) >= 11 is 1.09. The van der Waals surface area contributed by atoms with Crippen LogP contribution in [0.3, 0.4) is 0 Å². The van der Waals surface area contributed by atoms with Gasteiger partial charge in [0.05, 0.1) is 13.0 Å². The van der Waals surface area contributed by atoms with E-state index < -0.39 is 0 Å². The van der Waals surface area contributed by atoms with Gasteiger partial charge in [0.1, 0.15) is 0 Å². The first-order valence-corrected chi connectivity index (χ1v) is 4.28. The molecular formula is C7H11O3S. The molecule has 0 aromatic heterocycles. The van der Waals surface area contributed by atoms with E-state index in [1.807, 2.05) is 0 Å². The number of thioether (sulfide) groups is 1. The van der Waals surface area contributed by atoms with Gasteiger partial charge in [-0.15, -0.1) is 0 Å². The number of hydrogen-bond donors (Lipinski definition) is 0. The van der Waals surface area contributed by atoms with Crippen LogP contribution in [0.25, 0.3) is 0 Å². The molecule has 3 nitrogen and oxygen atoms in total. The van der Waals surface area contributed by atoms with Crippen molar-refractivity contribution in [1.29, 1.82) is 0 Å². The van der Waals surface area contributed by atoms with Gasteiger partial charge in [0.15, 0.2) is 5.12 Å². The zero-order chi connectivity index (χ0) is 8.69. The monoisotopic (exact) mass is 175 g/mol. The maximum atomic E-state index is 10.6. The summed E-state index contributed by atoms with van der Waals surface area (Å²) in [6.07, 6.45) is 1.36. The standard InChI is InChI=1S/C7H11O3S/c1-3-10-7(9)4-5-11-6(2)8/h4H,3,5H2,1-2H3. The number of carbonyl (C=O) groups is 2. The molecule has 0 aliphatic heterocycles. The minimum Gasteiger partial charge on any atom is -0.466 e. The number of esters is 1. The van der Waals surface area contributed by atoms with Crippen molar-refractivity contribution in [3.05, 3.63) is 6.42 Å². The topological polar surface area (TPSA) is 43.4 Å². The van der Waals surface area contributed by atoms with Gasteiger partial charge in [-0.2, -0.15) is 0 Å². The largest absolute Gasteiger partial charge is 0.466 e. The van der Waals surface area contributed by atoms with Gasteiger partial charge in [0.2, 0.25) is 0 Å². The SMILES string of the molecule is CCOC(=O)[CH]CSC(C)=O. The van der Waals surface area contributed by atoms with Gasteiger partial charge in [-0.25, -0.2) is 0 Å². The first-order chi connectivity index (χ1) is 5.16. The van der Waals surface area contributed by atoms with Crippen molar-refractivity contribution in [1.82, 2.24) is 0 Å². The van der Waals surface area contributed by atoms with Crippen LogP contribution in [0.4, 0.5) is 0 Å². The molecule has 0 saturated carbocycles. The molecule has 0 aliphatic rings. The van der Waals surface area contributed by atoms with Gasteiger partial charge in [-0.3, -0.25) is 9.59 Å². The molecule has 0 rings (SSSR count). The zero-order valence-corrected chi connectivity index (χ0v) is 7.44. The highest BCUT2D eigenvalue weighted by Crippen LogP contribution is 2.02. The minimum atomic E-state index is -0.360. The lowest BCUT2D eigenvalue weighted by Gasteiger charge is -1.98. The van der Waals surface area contributed by atoms with Crippen molar-refractivity contribution >= 4 is 22.8 Å². The summed E-state index contributed by atoms with van der Waals surface area (Å²) < 4.78 is 4.60. The maximum absolute atomic E-state index is 10.6. The molecule has 0 fully saturated rings. The van der Waals surface area contributed by atoms with Crippen molar-refractivity contribution in [3.63, 3.8) is 0 Å². The Labute approximate surface area is 70.5 Å². The lowest BCUT2D eigenvalue weighted by atomic mass is 10.5. The Morgan fingerprint density at radius 3 is 2.64 bits per heavy atom. The first-order valence-electron chi connectivity index (χ1n) is 3.30. The van der Waals surface area contributed by atoms with Crippen LogP contribution in [0.1, 0.15) is 13.8 Å². The van der Waals surface area contributed by atoms with Crippen molar-refractivity contribution in [2.45, 2.75) is 13.8 Å². The molecule has 0 N–H and O–H groups in total. The quantitative estimate of drug-likeness (QED) is 0.599. The first kappa shape index (κ1) is 10.5. The Morgan fingerprint density at radius 2 is 2.18 bits per heavy atom. The van der Waals surface area contributed by atoms with E-state index in [9.17, 15) is 9.59 Å². The average Bonchev–Trinajstić information content (AvgIpc) is 1.87. The summed E-state index contributed by atoms with van der Waals surface area (Å²) in [6.45, 7) is 3.58. The third-order valence-corrected chi connectivity index (χ3v) is 1.56. The number of carbonyl (C=O) groups excluding carboxylic acids is 2. The van der Waals surface area contributed by atoms with E-state index in [0.717, 1.165) is 11.8 Å². The summed E-state index contributed by atoms with van der Waals surface area (Å²) in [4.78, 5) is 21.0. The molecule has 0 bridgehead atoms. The van der Waals surface area contributed by atoms with Crippen molar-refractivity contribution in [2.24, 2.45) is 0 Å². The fraction of sp³-hybridized carbons (Fsp3) is 0.571. The molecule has 0 atom stereocenters. The van der Waals surface area contributed by atoms with E-state index in [4.69, 9.17) is 0 Å². The minimum absolute atomic E-state index is 0.00514. The van der Waals surface area contributed by atoms with Crippen molar-refractivity contribution in [3.8, 4) is 0 Å². The Bertz CT molecular complexity index is 145. The highest BCUT2D eigenvalue weighted by molar-refractivity contribution is 8.13. The Morgan fingerprint density at radius 1 is 1.55 bits per heavy atom. The van der Waals surface area contributed by atoms with Crippen molar-refractivity contribution < 1.29 is 14.3 Å². The predicted octanol–water partition coefficient (Wildman–Crippen LogP) is 1.03. The second kappa shape index (κ2) is 6.22. The third-order valence-electron chi connectivity index (χ3n) is 0.823. The summed E-state index contributed by atoms with van der Waals surface area (Å²) in [5.74, 6) is 0.0370. The third kappa shape index (κ3) is 7.39. The Kier molecular flexibility index (Phi) is 5.93. The van der Waals surface area contributed by atoms with Crippen LogP contribution in [0.5, 0.6) is 0 Å². The molecular weight excluding hydrogens is 164 g/mol. The maximum Gasteiger partial charge on any atom is 0.310 e. The van der Waals surface area contributed by atoms with E-state index >= 15 is 0 Å². The molecule has 63 valence electrons. The fourth-order valence-electron chi connectivity index (χ4n) is 0.428. The molecule has 0 aromatic rings. The van der Waals surface area contributed by atoms with Crippen LogP contribution in [0, 0.1) is 6.42 Å². The molecule has 0 spiro atoms. The van der Waals surface area contributed by atoms with Gasteiger partial charge in [0.25, 0.3) is 0 Å². The Hall–Kier alpha value is -0.510. The molecule has 11 heavy (non-hydrogen) atoms. The predicted molar refractivity (Wildman–Crippen MR) is 44.1 cm³/mol. The average molecular weight is 175 g/mol. The summed E-state index contributed by atoms with van der Waals surface area (Å²) in [5, 5.41) is 0.00514. The van der Waals surface area contributed by atoms with E-state index in [-0.39, 0.29) is 11.1 Å². The second-order valence-corrected chi connectivity index (χ2v) is 2.96. The normalized spacial score (nSPS) is 9.27. The molecule has 0 saturated heterocycles. The highest BCUT2D eigenvalue weighted by atomic mass is 32.2. The second-order valence-electron chi connectivity index (χ2n) is 1.76. The number of rotatable bonds is 4. The number of hydrogen-bond acceptors (Lipinski definition) is 4. The lowest BCUT2D eigenvalue weighted by molar-refractivity contribution is -0.138. The van der Waals surface area contributed by atoms with Gasteiger partial charge >= 0.3 is 5.97 Å². The highest BCUT2D eigenvalue weighted by Gasteiger charge is 2.02. The van der Waals surface area contributed by atoms with Gasteiger partial charge in [0, 0.05) is 12.7 Å². The van der Waals surface area contributed by atoms with E-state index in [0.29, 0.717) is 12.4 Å². The summed E-state index contributed by atoms with van der Waals surface area (Å²) in [7, 11) is 0. The molecule has 4 heteroatoms. The molecule has 1 radical (unpaired) electrons. The smallest absolute Gasteiger partial charge is 0.310 e. The van der Waals surface area contributed by atoms with Crippen LogP contribution in [-0.2, 0) is 14.3 Å². The van der Waals surface area contributed by atoms with Crippen LogP contribution in [0.15, 0.2) is 0 Å². The van der Waals surface area contributed by atoms with Crippen LogP contribution < -0.4 is 0 Å². The van der Waals surface area contributed by atoms with E-state index in [1.165, 1.54) is 13.3 Å². The fourth-order valence-corrected chi connectivity index (χ4v) is 0.882. The lowest BCUT2D eigenvalue weighted by Crippen LogP contribution is -2.06. The van der Waals surface area contributed by atoms with Crippen LogP contribution in [0.2, 0.25) is 0 Å². The van der Waals surface area contributed by atoms with Crippen LogP contribution >= 0.6 is 11.8 Å². The number of ether oxygens (including phenoxy) is 1. The summed E-state index contributed by atoms with van der Waals surface area (Å²) in [6, 6.07) is 0. The summed E-state index contributed by atoms with van der Waals surface area (Å²) in [5.41, 5.74) is 0. The van der Waals surface area contributed by atoms with E-state index in [2.05, 4.69) is 4.74 Å². The van der Waals surface area contributed by atoms with Crippen LogP contribution in [-0.4, -0.2) is 23.4 Å². The molecule has 0 aromatic carbocycles. The molecule has 0 amide bonds.